The van der Waals surface area contributed by atoms with Crippen LogP contribution >= 0.6 is 0 Å². The van der Waals surface area contributed by atoms with E-state index in [4.69, 9.17) is 0 Å². The van der Waals surface area contributed by atoms with Gasteiger partial charge in [0.25, 0.3) is 0 Å². The van der Waals surface area contributed by atoms with Crippen molar-refractivity contribution in [3.63, 3.8) is 0 Å². The fraction of sp³-hybridized carbons (Fsp3) is 0.300. The van der Waals surface area contributed by atoms with E-state index in [-0.39, 0.29) is 13.0 Å². The molecule has 30 heavy (non-hydrogen) atoms. The van der Waals surface area contributed by atoms with Gasteiger partial charge in [0.15, 0.2) is 9.84 Å². The number of hydrogen-bond donors (Lipinski definition) is 0. The molecule has 156 valence electrons. The highest BCUT2D eigenvalue weighted by atomic mass is 32.2. The van der Waals surface area contributed by atoms with Crippen LogP contribution in [-0.2, 0) is 26.0 Å². The lowest BCUT2D eigenvalue weighted by atomic mass is 9.96. The number of aromatic nitrogens is 3. The van der Waals surface area contributed by atoms with Gasteiger partial charge in [-0.2, -0.15) is 0 Å². The van der Waals surface area contributed by atoms with Crippen LogP contribution in [0.2, 0.25) is 0 Å². The number of amides is 1. The minimum atomic E-state index is -3.94. The molecule has 2 saturated heterocycles. The first-order valence-corrected chi connectivity index (χ1v) is 11.0. The fourth-order valence-electron chi connectivity index (χ4n) is 4.64. The molecular weight excluding hydrogens is 408 g/mol. The van der Waals surface area contributed by atoms with E-state index in [1.54, 1.807) is 10.8 Å². The third kappa shape index (κ3) is 2.30. The van der Waals surface area contributed by atoms with Crippen LogP contribution < -0.4 is 5.11 Å². The lowest BCUT2D eigenvalue weighted by molar-refractivity contribution is -0.312. The Morgan fingerprint density at radius 3 is 2.27 bits per heavy atom. The fourth-order valence-corrected chi connectivity index (χ4v) is 7.00. The van der Waals surface area contributed by atoms with E-state index >= 15 is 0 Å². The maximum atomic E-state index is 13.3. The molecule has 0 aromatic carbocycles. The third-order valence-corrected chi connectivity index (χ3v) is 8.93. The third-order valence-electron chi connectivity index (χ3n) is 6.16. The molecule has 0 spiro atoms. The second-order valence-corrected chi connectivity index (χ2v) is 10.4. The Bertz CT molecular complexity index is 1240. The Hall–Kier alpha value is -3.27. The number of rotatable bonds is 5. The smallest absolute Gasteiger partial charge is 0.227 e. The van der Waals surface area contributed by atoms with Crippen molar-refractivity contribution in [1.29, 1.82) is 0 Å². The van der Waals surface area contributed by atoms with Gasteiger partial charge < -0.3 is 28.5 Å². The molecule has 5 heterocycles. The summed E-state index contributed by atoms with van der Waals surface area (Å²) in [5.74, 6) is -1.35. The second-order valence-electron chi connectivity index (χ2n) is 7.87. The largest absolute Gasteiger partial charge is 0.548 e. The minimum absolute atomic E-state index is 0.136. The molecule has 5 rings (SSSR count). The maximum Gasteiger partial charge on any atom is 0.227 e. The number of nitrogens with zero attached hydrogens (tertiary/aromatic N) is 4. The average Bonchev–Trinajstić information content (AvgIpc) is 3.44. The number of sulfone groups is 1. The van der Waals surface area contributed by atoms with Crippen molar-refractivity contribution < 1.29 is 23.1 Å². The van der Waals surface area contributed by atoms with E-state index in [0.717, 1.165) is 10.6 Å². The summed E-state index contributed by atoms with van der Waals surface area (Å²) in [7, 11) is -3.94. The van der Waals surface area contributed by atoms with Crippen molar-refractivity contribution in [2.24, 2.45) is 0 Å². The van der Waals surface area contributed by atoms with E-state index in [1.165, 1.54) is 6.92 Å². The highest BCUT2D eigenvalue weighted by Gasteiger charge is 2.68. The summed E-state index contributed by atoms with van der Waals surface area (Å²) in [6, 6.07) is 7.75. The Morgan fingerprint density at radius 2 is 1.70 bits per heavy atom. The summed E-state index contributed by atoms with van der Waals surface area (Å²) in [5, 5.41) is 10.8. The van der Waals surface area contributed by atoms with Gasteiger partial charge >= 0.3 is 0 Å². The molecule has 0 bridgehead atoms. The van der Waals surface area contributed by atoms with Crippen LogP contribution in [0.15, 0.2) is 61.3 Å². The standard InChI is InChI=1S/C20H20N4O5S/c1-20(17(19(26)27)24-15(25)12-16(24)30(20,28)29)13-23-11-6-14(21-7-2-3-8-21)18(23)22-9-4-5-10-22/h2-11,16-17H,12-13H2,1H3,(H,26,27)/p-1. The quantitative estimate of drug-likeness (QED) is 0.530. The van der Waals surface area contributed by atoms with Crippen LogP contribution in [0, 0.1) is 0 Å². The molecule has 0 N–H and O–H groups in total. The second kappa shape index (κ2) is 6.11. The topological polar surface area (TPSA) is 109 Å². The first-order chi connectivity index (χ1) is 14.3. The molecule has 2 fully saturated rings. The van der Waals surface area contributed by atoms with Gasteiger partial charge in [0.2, 0.25) is 5.91 Å². The van der Waals surface area contributed by atoms with Crippen LogP contribution in [0.3, 0.4) is 0 Å². The minimum Gasteiger partial charge on any atom is -0.548 e. The van der Waals surface area contributed by atoms with Crippen molar-refractivity contribution in [2.45, 2.75) is 36.1 Å². The monoisotopic (exact) mass is 427 g/mol. The van der Waals surface area contributed by atoms with Crippen molar-refractivity contribution in [1.82, 2.24) is 18.6 Å². The van der Waals surface area contributed by atoms with Gasteiger partial charge in [-0.15, -0.1) is 0 Å². The zero-order chi connectivity index (χ0) is 21.3. The van der Waals surface area contributed by atoms with E-state index in [1.807, 2.05) is 64.3 Å². The van der Waals surface area contributed by atoms with Gasteiger partial charge in [-0.05, 0) is 37.3 Å². The van der Waals surface area contributed by atoms with Gasteiger partial charge in [-0.1, -0.05) is 0 Å². The predicted molar refractivity (Wildman–Crippen MR) is 104 cm³/mol. The molecule has 0 saturated carbocycles. The summed E-state index contributed by atoms with van der Waals surface area (Å²) < 4.78 is 30.3. The van der Waals surface area contributed by atoms with Crippen molar-refractivity contribution in [3.8, 4) is 11.5 Å². The lowest BCUT2D eigenvalue weighted by Gasteiger charge is -2.38. The van der Waals surface area contributed by atoms with Gasteiger partial charge in [-0.25, -0.2) is 8.42 Å². The van der Waals surface area contributed by atoms with Crippen molar-refractivity contribution >= 4 is 21.7 Å². The zero-order valence-corrected chi connectivity index (χ0v) is 16.9. The summed E-state index contributed by atoms with van der Waals surface area (Å²) in [6.07, 6.45) is 8.95. The Kier molecular flexibility index (Phi) is 3.82. The van der Waals surface area contributed by atoms with Crippen LogP contribution in [0.25, 0.3) is 11.5 Å². The molecule has 3 aromatic rings. The van der Waals surface area contributed by atoms with Crippen LogP contribution in [0.1, 0.15) is 13.3 Å². The normalized spacial score (nSPS) is 27.1. The Morgan fingerprint density at radius 1 is 1.10 bits per heavy atom. The maximum absolute atomic E-state index is 13.3. The molecule has 3 unspecified atom stereocenters. The van der Waals surface area contributed by atoms with Crippen molar-refractivity contribution in [3.05, 3.63) is 61.3 Å². The summed E-state index contributed by atoms with van der Waals surface area (Å²) in [6.45, 7) is 1.26. The summed E-state index contributed by atoms with van der Waals surface area (Å²) in [5.41, 5.74) is 0.805. The number of carboxylic acid groups (broad SMARTS) is 1. The molecule has 10 heteroatoms. The molecule has 0 radical (unpaired) electrons. The Balaban J connectivity index is 1.65. The first-order valence-electron chi connectivity index (χ1n) is 9.47. The SMILES string of the molecule is CC1(Cn2ccc(-n3cccc3)c2-n2cccc2)C(C(=O)[O-])N2C(=O)CC2S1(=O)=O. The number of carbonyl (C=O) groups is 2. The number of fused-ring (bicyclic) bond motifs is 1. The van der Waals surface area contributed by atoms with Gasteiger partial charge in [0.05, 0.1) is 24.1 Å². The molecule has 3 aromatic heterocycles. The van der Waals surface area contributed by atoms with Crippen LogP contribution in [0.4, 0.5) is 0 Å². The molecule has 9 nitrogen and oxygen atoms in total. The number of hydrogen-bond acceptors (Lipinski definition) is 5. The molecule has 1 amide bonds. The van der Waals surface area contributed by atoms with Crippen LogP contribution in [-0.4, -0.2) is 55.1 Å². The zero-order valence-electron chi connectivity index (χ0n) is 16.1. The van der Waals surface area contributed by atoms with Gasteiger partial charge in [0, 0.05) is 37.5 Å². The molecule has 2 aliphatic rings. The van der Waals surface area contributed by atoms with Gasteiger partial charge in [0.1, 0.15) is 15.9 Å². The van der Waals surface area contributed by atoms with E-state index < -0.39 is 37.9 Å². The van der Waals surface area contributed by atoms with E-state index in [9.17, 15) is 23.1 Å². The number of carbonyl (C=O) groups excluding carboxylic acids is 2. The number of β-lactam (4-membered cyclic amide) rings is 1. The predicted octanol–water partition coefficient (Wildman–Crippen LogP) is -0.0665. The number of carboxylic acids is 1. The van der Waals surface area contributed by atoms with E-state index in [0.29, 0.717) is 5.82 Å². The molecule has 2 aliphatic heterocycles. The van der Waals surface area contributed by atoms with Gasteiger partial charge in [-0.3, -0.25) is 4.79 Å². The van der Waals surface area contributed by atoms with Crippen molar-refractivity contribution in [2.75, 3.05) is 0 Å². The van der Waals surface area contributed by atoms with E-state index in [2.05, 4.69) is 0 Å². The lowest BCUT2D eigenvalue weighted by Crippen LogP contribution is -2.61. The highest BCUT2D eigenvalue weighted by Crippen LogP contribution is 2.47. The first kappa shape index (κ1) is 18.7. The summed E-state index contributed by atoms with van der Waals surface area (Å²) >= 11 is 0. The van der Waals surface area contributed by atoms with Crippen LogP contribution in [0.5, 0.6) is 0 Å². The molecule has 0 aliphatic carbocycles. The average molecular weight is 427 g/mol. The Labute approximate surface area is 172 Å². The molecular formula is C20H19N4O5S-. The highest BCUT2D eigenvalue weighted by molar-refractivity contribution is 7.93. The summed E-state index contributed by atoms with van der Waals surface area (Å²) in [4.78, 5) is 24.9. The number of aliphatic carboxylic acids is 1. The molecule has 3 atom stereocenters.